The number of benzene rings is 1. The molecule has 43 heavy (non-hydrogen) atoms. The number of piperidine rings is 1. The van der Waals surface area contributed by atoms with Crippen molar-refractivity contribution < 1.29 is 9.53 Å². The van der Waals surface area contributed by atoms with Crippen molar-refractivity contribution in [1.82, 2.24) is 29.0 Å². The summed E-state index contributed by atoms with van der Waals surface area (Å²) in [6.07, 6.45) is 6.04. The Balaban J connectivity index is 1.21. The van der Waals surface area contributed by atoms with Gasteiger partial charge in [-0.1, -0.05) is 0 Å². The molecule has 1 amide bonds. The number of hydrogen-bond acceptors (Lipinski definition) is 7. The Kier molecular flexibility index (Phi) is 5.87. The molecule has 1 saturated heterocycles. The number of rotatable bonds is 7. The maximum absolute atomic E-state index is 13.7. The summed E-state index contributed by atoms with van der Waals surface area (Å²) < 4.78 is 10.1. The Morgan fingerprint density at radius 1 is 1.12 bits per heavy atom. The van der Waals surface area contributed by atoms with Crippen LogP contribution in [0.25, 0.3) is 33.6 Å². The molecule has 1 aromatic carbocycles. The van der Waals surface area contributed by atoms with E-state index in [4.69, 9.17) is 20.4 Å². The van der Waals surface area contributed by atoms with Crippen molar-refractivity contribution in [3.63, 3.8) is 0 Å². The summed E-state index contributed by atoms with van der Waals surface area (Å²) in [5.41, 5.74) is 10.8. The number of fused-ring (bicyclic) bond motifs is 4. The van der Waals surface area contributed by atoms with Crippen molar-refractivity contribution in [2.45, 2.75) is 44.3 Å². The van der Waals surface area contributed by atoms with Crippen LogP contribution in [0.5, 0.6) is 5.75 Å². The van der Waals surface area contributed by atoms with E-state index in [-0.39, 0.29) is 23.6 Å². The van der Waals surface area contributed by atoms with Crippen LogP contribution in [-0.2, 0) is 13.6 Å². The summed E-state index contributed by atoms with van der Waals surface area (Å²) in [6, 6.07) is 13.3. The van der Waals surface area contributed by atoms with E-state index in [9.17, 15) is 9.59 Å². The van der Waals surface area contributed by atoms with Crippen LogP contribution in [0.15, 0.2) is 53.5 Å². The van der Waals surface area contributed by atoms with Gasteiger partial charge in [-0.05, 0) is 73.9 Å². The predicted octanol–water partition coefficient (Wildman–Crippen LogP) is 4.00. The van der Waals surface area contributed by atoms with Crippen molar-refractivity contribution in [2.75, 3.05) is 19.0 Å². The molecule has 8 rings (SSSR count). The van der Waals surface area contributed by atoms with E-state index in [2.05, 4.69) is 20.9 Å². The highest BCUT2D eigenvalue weighted by Gasteiger charge is 2.47. The second-order valence-corrected chi connectivity index (χ2v) is 12.2. The topological polar surface area (TPSA) is 136 Å². The molecular weight excluding hydrogens is 544 g/mol. The molecule has 4 aromatic heterocycles. The number of aryl methyl sites for hydroxylation is 1. The SMILES string of the molecule is COc1cc(C(=O)N2C[C@H]3CC[C@@H]2[C@@H]3N)cc2nc(-c3cc4ccc(Nc5cc[nH]c(=O)c5)nc4n3CC3CC3)n(C)c12. The normalized spacial score (nSPS) is 21.3. The molecule has 4 N–H and O–H groups in total. The first kappa shape index (κ1) is 26.0. The van der Waals surface area contributed by atoms with E-state index in [1.165, 1.54) is 18.9 Å². The average molecular weight is 579 g/mol. The van der Waals surface area contributed by atoms with Crippen LogP contribution in [0.2, 0.25) is 0 Å². The van der Waals surface area contributed by atoms with E-state index in [1.807, 2.05) is 40.8 Å². The van der Waals surface area contributed by atoms with Gasteiger partial charge >= 0.3 is 0 Å². The molecule has 220 valence electrons. The first-order valence-electron chi connectivity index (χ1n) is 15.0. The fourth-order valence-corrected chi connectivity index (χ4v) is 7.06. The van der Waals surface area contributed by atoms with Crippen molar-refractivity contribution in [1.29, 1.82) is 0 Å². The number of amides is 1. The standard InChI is InChI=1S/C32H34N8O3/c1-38-29-22(11-20(13-25(29)43-2)32(42)40-16-19-5-7-23(40)28(19)33)36-31(38)24-12-18-6-8-26(35-21-9-10-34-27(41)14-21)37-30(18)39(24)15-17-3-4-17/h6,8-14,17,19,23,28H,3-5,7,15-16,33H2,1-2H3,(H2,34,35,37,41)/t19-,23-,28-/m1/s1. The number of likely N-dealkylation sites (tertiary alicyclic amines) is 1. The lowest BCUT2D eigenvalue weighted by molar-refractivity contribution is 0.0700. The lowest BCUT2D eigenvalue weighted by Gasteiger charge is -2.27. The fourth-order valence-electron chi connectivity index (χ4n) is 7.06. The second-order valence-electron chi connectivity index (χ2n) is 12.2. The fraction of sp³-hybridized carbons (Fsp3) is 0.375. The molecule has 5 heterocycles. The number of H-pyrrole nitrogens is 1. The summed E-state index contributed by atoms with van der Waals surface area (Å²) >= 11 is 0. The molecule has 2 saturated carbocycles. The van der Waals surface area contributed by atoms with Crippen LogP contribution in [0.4, 0.5) is 11.5 Å². The number of aromatic amines is 1. The summed E-state index contributed by atoms with van der Waals surface area (Å²) in [6.45, 7) is 1.55. The van der Waals surface area contributed by atoms with Gasteiger partial charge in [-0.2, -0.15) is 0 Å². The van der Waals surface area contributed by atoms with Crippen LogP contribution in [0.1, 0.15) is 36.0 Å². The third kappa shape index (κ3) is 4.29. The number of carbonyl (C=O) groups is 1. The van der Waals surface area contributed by atoms with E-state index in [1.54, 1.807) is 19.4 Å². The number of methoxy groups -OCH3 is 1. The smallest absolute Gasteiger partial charge is 0.254 e. The Morgan fingerprint density at radius 2 is 1.98 bits per heavy atom. The molecule has 2 aliphatic carbocycles. The largest absolute Gasteiger partial charge is 0.494 e. The highest BCUT2D eigenvalue weighted by Crippen LogP contribution is 2.40. The highest BCUT2D eigenvalue weighted by molar-refractivity contribution is 6.00. The summed E-state index contributed by atoms with van der Waals surface area (Å²) in [7, 11) is 3.62. The first-order chi connectivity index (χ1) is 20.9. The zero-order valence-electron chi connectivity index (χ0n) is 24.2. The lowest BCUT2D eigenvalue weighted by Crippen LogP contribution is -2.41. The van der Waals surface area contributed by atoms with Gasteiger partial charge in [0.2, 0.25) is 5.56 Å². The van der Waals surface area contributed by atoms with Crippen molar-refractivity contribution in [2.24, 2.45) is 24.6 Å². The summed E-state index contributed by atoms with van der Waals surface area (Å²) in [5, 5.41) is 4.26. The number of carbonyl (C=O) groups excluding carboxylic acids is 1. The van der Waals surface area contributed by atoms with Gasteiger partial charge in [-0.25, -0.2) is 9.97 Å². The van der Waals surface area contributed by atoms with Crippen LogP contribution in [0, 0.1) is 11.8 Å². The van der Waals surface area contributed by atoms with Crippen LogP contribution < -0.4 is 21.3 Å². The molecule has 11 nitrogen and oxygen atoms in total. The third-order valence-electron chi connectivity index (χ3n) is 9.47. The Morgan fingerprint density at radius 3 is 2.70 bits per heavy atom. The minimum Gasteiger partial charge on any atom is -0.494 e. The second kappa shape index (κ2) is 9.70. The van der Waals surface area contributed by atoms with Gasteiger partial charge in [0.15, 0.2) is 5.82 Å². The van der Waals surface area contributed by atoms with Crippen LogP contribution in [0.3, 0.4) is 0 Å². The van der Waals surface area contributed by atoms with Gasteiger partial charge in [0.25, 0.3) is 5.91 Å². The van der Waals surface area contributed by atoms with Gasteiger partial charge in [-0.15, -0.1) is 0 Å². The maximum Gasteiger partial charge on any atom is 0.254 e. The zero-order valence-corrected chi connectivity index (χ0v) is 24.2. The maximum atomic E-state index is 13.7. The molecule has 0 radical (unpaired) electrons. The summed E-state index contributed by atoms with van der Waals surface area (Å²) in [5.74, 6) is 3.02. The Labute approximate surface area is 247 Å². The van der Waals surface area contributed by atoms with Crippen LogP contribution >= 0.6 is 0 Å². The zero-order chi connectivity index (χ0) is 29.4. The predicted molar refractivity (Wildman–Crippen MR) is 165 cm³/mol. The molecule has 0 unspecified atom stereocenters. The minimum atomic E-state index is -0.177. The molecule has 2 bridgehead atoms. The Hall–Kier alpha value is -4.64. The minimum absolute atomic E-state index is 0.0115. The number of nitrogens with zero attached hydrogens (tertiary/aromatic N) is 5. The van der Waals surface area contributed by atoms with Gasteiger partial charge in [0.1, 0.15) is 22.7 Å². The molecular formula is C32H34N8O3. The van der Waals surface area contributed by atoms with Crippen molar-refractivity contribution in [3.8, 4) is 17.3 Å². The number of nitrogens with one attached hydrogen (secondary N) is 2. The van der Waals surface area contributed by atoms with Crippen molar-refractivity contribution in [3.05, 3.63) is 64.6 Å². The van der Waals surface area contributed by atoms with Gasteiger partial charge in [0.05, 0.1) is 18.3 Å². The molecule has 1 aliphatic heterocycles. The highest BCUT2D eigenvalue weighted by atomic mass is 16.5. The number of nitrogens with two attached hydrogens (primary N) is 1. The number of ether oxygens (including phenoxy) is 1. The van der Waals surface area contributed by atoms with E-state index < -0.39 is 0 Å². The molecule has 5 aromatic rings. The van der Waals surface area contributed by atoms with Gasteiger partial charge in [-0.3, -0.25) is 9.59 Å². The molecule has 0 spiro atoms. The Bertz CT molecular complexity index is 1970. The van der Waals surface area contributed by atoms with Gasteiger partial charge in [0, 0.05) is 61.1 Å². The third-order valence-corrected chi connectivity index (χ3v) is 9.47. The molecule has 3 aliphatic rings. The number of pyridine rings is 2. The molecule has 11 heteroatoms. The van der Waals surface area contributed by atoms with Crippen LogP contribution in [-0.4, -0.2) is 60.6 Å². The monoisotopic (exact) mass is 578 g/mol. The number of anilines is 2. The number of hydrogen-bond donors (Lipinski definition) is 3. The lowest BCUT2D eigenvalue weighted by atomic mass is 10.1. The quantitative estimate of drug-likeness (QED) is 0.266. The molecule has 3 fully saturated rings. The van der Waals surface area contributed by atoms with E-state index >= 15 is 0 Å². The van der Waals surface area contributed by atoms with E-state index in [0.717, 1.165) is 47.5 Å². The average Bonchev–Trinajstić information content (AvgIpc) is 3.41. The molecule has 3 atom stereocenters. The first-order valence-corrected chi connectivity index (χ1v) is 15.0. The van der Waals surface area contributed by atoms with Crippen molar-refractivity contribution >= 4 is 39.5 Å². The van der Waals surface area contributed by atoms with Gasteiger partial charge < -0.3 is 34.8 Å². The summed E-state index contributed by atoms with van der Waals surface area (Å²) in [4.78, 5) is 40.1. The number of aromatic nitrogens is 5. The number of imidazole rings is 1. The van der Waals surface area contributed by atoms with E-state index in [0.29, 0.717) is 46.7 Å².